The molecule has 122 valence electrons. The Morgan fingerprint density at radius 2 is 0.750 bits per heavy atom. The van der Waals surface area contributed by atoms with E-state index in [1.807, 2.05) is 24.3 Å². The standard InChI is InChI=1S/C18H16N2O4/c1-21-15-9-5-6-11-14-12(18(24-4)20-17(11)23-3)8-7-10(13(9)14)16(19-15)22-2/h5-8H,1-4H3. The lowest BCUT2D eigenvalue weighted by Crippen LogP contribution is -1.99. The van der Waals surface area contributed by atoms with Crippen molar-refractivity contribution in [1.82, 2.24) is 9.97 Å². The molecule has 6 heteroatoms. The summed E-state index contributed by atoms with van der Waals surface area (Å²) in [5, 5.41) is 5.60. The average molecular weight is 324 g/mol. The van der Waals surface area contributed by atoms with Gasteiger partial charge in [-0.1, -0.05) is 0 Å². The number of hydrogen-bond acceptors (Lipinski definition) is 6. The third kappa shape index (κ3) is 1.76. The van der Waals surface area contributed by atoms with Crippen LogP contribution in [0.5, 0.6) is 23.5 Å². The van der Waals surface area contributed by atoms with Gasteiger partial charge in [0.2, 0.25) is 23.5 Å². The van der Waals surface area contributed by atoms with Crippen molar-refractivity contribution < 1.29 is 18.9 Å². The minimum Gasteiger partial charge on any atom is -0.480 e. The number of benzene rings is 2. The summed E-state index contributed by atoms with van der Waals surface area (Å²) < 4.78 is 21.8. The zero-order valence-electron chi connectivity index (χ0n) is 13.8. The fourth-order valence-electron chi connectivity index (χ4n) is 3.26. The molecule has 2 aromatic carbocycles. The van der Waals surface area contributed by atoms with Crippen LogP contribution in [0.4, 0.5) is 0 Å². The van der Waals surface area contributed by atoms with Gasteiger partial charge < -0.3 is 18.9 Å². The van der Waals surface area contributed by atoms with Gasteiger partial charge in [0.05, 0.1) is 28.4 Å². The van der Waals surface area contributed by atoms with Crippen LogP contribution >= 0.6 is 0 Å². The minimum atomic E-state index is 0.517. The molecule has 0 fully saturated rings. The first kappa shape index (κ1) is 14.6. The third-order valence-electron chi connectivity index (χ3n) is 4.26. The van der Waals surface area contributed by atoms with E-state index in [1.165, 1.54) is 0 Å². The van der Waals surface area contributed by atoms with Crippen LogP contribution in [0, 0.1) is 0 Å². The highest BCUT2D eigenvalue weighted by atomic mass is 16.5. The first-order chi connectivity index (χ1) is 11.7. The Morgan fingerprint density at radius 1 is 0.500 bits per heavy atom. The van der Waals surface area contributed by atoms with Gasteiger partial charge in [-0.3, -0.25) is 0 Å². The van der Waals surface area contributed by atoms with Gasteiger partial charge in [0.1, 0.15) is 0 Å². The van der Waals surface area contributed by atoms with Crippen molar-refractivity contribution in [2.75, 3.05) is 28.4 Å². The van der Waals surface area contributed by atoms with Gasteiger partial charge in [0.25, 0.3) is 0 Å². The van der Waals surface area contributed by atoms with E-state index < -0.39 is 0 Å². The van der Waals surface area contributed by atoms with Gasteiger partial charge in [-0.15, -0.1) is 0 Å². The largest absolute Gasteiger partial charge is 0.480 e. The molecule has 0 aliphatic rings. The fourth-order valence-corrected chi connectivity index (χ4v) is 3.26. The molecule has 0 aliphatic heterocycles. The van der Waals surface area contributed by atoms with Crippen molar-refractivity contribution in [2.45, 2.75) is 0 Å². The quantitative estimate of drug-likeness (QED) is 0.536. The van der Waals surface area contributed by atoms with Gasteiger partial charge >= 0.3 is 0 Å². The minimum absolute atomic E-state index is 0.517. The van der Waals surface area contributed by atoms with Crippen molar-refractivity contribution in [3.63, 3.8) is 0 Å². The molecule has 2 aromatic heterocycles. The van der Waals surface area contributed by atoms with Crippen LogP contribution in [0.1, 0.15) is 0 Å². The summed E-state index contributed by atoms with van der Waals surface area (Å²) in [4.78, 5) is 8.91. The molecule has 0 aliphatic carbocycles. The lowest BCUT2D eigenvalue weighted by molar-refractivity contribution is 0.371. The molecule has 2 heterocycles. The molecule has 0 amide bonds. The van der Waals surface area contributed by atoms with Crippen LogP contribution in [0.2, 0.25) is 0 Å². The fraction of sp³-hybridized carbons (Fsp3) is 0.222. The van der Waals surface area contributed by atoms with E-state index in [2.05, 4.69) is 9.97 Å². The molecule has 4 aromatic rings. The van der Waals surface area contributed by atoms with Crippen LogP contribution in [-0.4, -0.2) is 38.4 Å². The maximum Gasteiger partial charge on any atom is 0.224 e. The number of ether oxygens (including phenoxy) is 4. The van der Waals surface area contributed by atoms with E-state index in [1.54, 1.807) is 28.4 Å². The third-order valence-corrected chi connectivity index (χ3v) is 4.26. The van der Waals surface area contributed by atoms with Crippen LogP contribution < -0.4 is 18.9 Å². The summed E-state index contributed by atoms with van der Waals surface area (Å²) in [6, 6.07) is 7.86. The lowest BCUT2D eigenvalue weighted by atomic mass is 9.96. The van der Waals surface area contributed by atoms with Gasteiger partial charge in [-0.25, -0.2) is 0 Å². The average Bonchev–Trinajstić information content (AvgIpc) is 2.64. The molecule has 0 radical (unpaired) electrons. The van der Waals surface area contributed by atoms with E-state index >= 15 is 0 Å². The number of pyridine rings is 2. The molecule has 4 rings (SSSR count). The second-order valence-electron chi connectivity index (χ2n) is 5.33. The molecule has 0 atom stereocenters. The predicted molar refractivity (Wildman–Crippen MR) is 91.9 cm³/mol. The van der Waals surface area contributed by atoms with Crippen molar-refractivity contribution >= 4 is 32.3 Å². The molecule has 0 saturated heterocycles. The topological polar surface area (TPSA) is 62.7 Å². The highest BCUT2D eigenvalue weighted by molar-refractivity contribution is 6.26. The normalized spacial score (nSPS) is 11.3. The van der Waals surface area contributed by atoms with Crippen molar-refractivity contribution in [3.8, 4) is 23.5 Å². The molecule has 0 unspecified atom stereocenters. The highest BCUT2D eigenvalue weighted by Crippen LogP contribution is 2.45. The smallest absolute Gasteiger partial charge is 0.224 e. The second-order valence-corrected chi connectivity index (χ2v) is 5.33. The summed E-state index contributed by atoms with van der Waals surface area (Å²) in [5.41, 5.74) is 0. The van der Waals surface area contributed by atoms with Gasteiger partial charge in [-0.2, -0.15) is 9.97 Å². The van der Waals surface area contributed by atoms with E-state index in [-0.39, 0.29) is 0 Å². The number of methoxy groups -OCH3 is 4. The molecule has 0 N–H and O–H groups in total. The first-order valence-electron chi connectivity index (χ1n) is 7.42. The van der Waals surface area contributed by atoms with Crippen LogP contribution in [0.15, 0.2) is 24.3 Å². The molecule has 0 saturated carbocycles. The van der Waals surface area contributed by atoms with Crippen LogP contribution in [-0.2, 0) is 0 Å². The molecular formula is C18H16N2O4. The van der Waals surface area contributed by atoms with Crippen LogP contribution in [0.3, 0.4) is 0 Å². The Hall–Kier alpha value is -3.02. The molecule has 0 bridgehead atoms. The Kier molecular flexibility index (Phi) is 3.19. The monoisotopic (exact) mass is 324 g/mol. The Labute approximate surface area is 138 Å². The zero-order chi connectivity index (χ0) is 16.8. The molecular weight excluding hydrogens is 308 g/mol. The van der Waals surface area contributed by atoms with E-state index in [4.69, 9.17) is 18.9 Å². The molecule has 6 nitrogen and oxygen atoms in total. The van der Waals surface area contributed by atoms with Gasteiger partial charge in [0, 0.05) is 32.3 Å². The second kappa shape index (κ2) is 5.26. The van der Waals surface area contributed by atoms with Crippen molar-refractivity contribution in [1.29, 1.82) is 0 Å². The number of hydrogen-bond donors (Lipinski definition) is 0. The molecule has 0 spiro atoms. The lowest BCUT2D eigenvalue weighted by Gasteiger charge is -2.17. The zero-order valence-corrected chi connectivity index (χ0v) is 13.8. The SMILES string of the molecule is COc1nc(OC)c2ccc3c(OC)nc(OC)c4ccc1c2c43. The Balaban J connectivity index is 2.33. The summed E-state index contributed by atoms with van der Waals surface area (Å²) >= 11 is 0. The van der Waals surface area contributed by atoms with E-state index in [9.17, 15) is 0 Å². The number of nitrogens with zero attached hydrogens (tertiary/aromatic N) is 2. The Morgan fingerprint density at radius 3 is 0.958 bits per heavy atom. The first-order valence-corrected chi connectivity index (χ1v) is 7.42. The highest BCUT2D eigenvalue weighted by Gasteiger charge is 2.21. The summed E-state index contributed by atoms with van der Waals surface area (Å²) in [6.07, 6.45) is 0. The summed E-state index contributed by atoms with van der Waals surface area (Å²) in [6.45, 7) is 0. The van der Waals surface area contributed by atoms with Gasteiger partial charge in [-0.05, 0) is 24.3 Å². The summed E-state index contributed by atoms with van der Waals surface area (Å²) in [7, 11) is 6.39. The molecule has 24 heavy (non-hydrogen) atoms. The van der Waals surface area contributed by atoms with E-state index in [0.717, 1.165) is 32.3 Å². The Bertz CT molecular complexity index is 900. The predicted octanol–water partition coefficient (Wildman–Crippen LogP) is 3.41. The number of rotatable bonds is 4. The van der Waals surface area contributed by atoms with E-state index in [0.29, 0.717) is 23.5 Å². The maximum absolute atomic E-state index is 5.46. The maximum atomic E-state index is 5.46. The summed E-state index contributed by atoms with van der Waals surface area (Å²) in [5.74, 6) is 2.07. The number of aromatic nitrogens is 2. The van der Waals surface area contributed by atoms with Crippen molar-refractivity contribution in [2.24, 2.45) is 0 Å². The van der Waals surface area contributed by atoms with Gasteiger partial charge in [0.15, 0.2) is 0 Å². The van der Waals surface area contributed by atoms with Crippen LogP contribution in [0.25, 0.3) is 32.3 Å². The van der Waals surface area contributed by atoms with Crippen molar-refractivity contribution in [3.05, 3.63) is 24.3 Å².